The van der Waals surface area contributed by atoms with Crippen LogP contribution < -0.4 is 0 Å². The van der Waals surface area contributed by atoms with Crippen molar-refractivity contribution in [1.29, 1.82) is 0 Å². The van der Waals surface area contributed by atoms with E-state index < -0.39 is 5.41 Å². The van der Waals surface area contributed by atoms with E-state index in [4.69, 9.17) is 0 Å². The van der Waals surface area contributed by atoms with Crippen molar-refractivity contribution in [2.24, 2.45) is 0 Å². The first-order chi connectivity index (χ1) is 27.3. The van der Waals surface area contributed by atoms with Crippen LogP contribution in [0.3, 0.4) is 0 Å². The van der Waals surface area contributed by atoms with E-state index in [0.717, 1.165) is 0 Å². The minimum absolute atomic E-state index is 0.502. The maximum Gasteiger partial charge on any atom is 0.0731 e. The van der Waals surface area contributed by atoms with Crippen LogP contribution in [0.15, 0.2) is 194 Å². The third-order valence-corrected chi connectivity index (χ3v) is 13.0. The molecule has 1 spiro atoms. The highest BCUT2D eigenvalue weighted by Crippen LogP contribution is 2.66. The van der Waals surface area contributed by atoms with Crippen LogP contribution in [0.2, 0.25) is 0 Å². The molecule has 11 aromatic carbocycles. The van der Waals surface area contributed by atoms with Crippen molar-refractivity contribution >= 4 is 53.9 Å². The van der Waals surface area contributed by atoms with Crippen LogP contribution in [0.25, 0.3) is 98.4 Å². The molecular weight excluding hydrogens is 661 g/mol. The Bertz CT molecular complexity index is 3370. The lowest BCUT2D eigenvalue weighted by Gasteiger charge is -2.32. The molecule has 0 saturated heterocycles. The molecule has 11 aromatic rings. The third kappa shape index (κ3) is 3.67. The lowest BCUT2D eigenvalue weighted by Crippen LogP contribution is -2.26. The van der Waals surface area contributed by atoms with Gasteiger partial charge in [0.05, 0.1) is 5.41 Å². The van der Waals surface area contributed by atoms with E-state index in [1.807, 2.05) is 0 Å². The van der Waals surface area contributed by atoms with Crippen molar-refractivity contribution in [3.8, 4) is 44.5 Å². The number of rotatable bonds is 2. The Hall–Kier alpha value is -7.02. The fraction of sp³-hybridized carbons (Fsp3) is 0.0182. The largest absolute Gasteiger partial charge is 0.0731 e. The van der Waals surface area contributed by atoms with E-state index in [-0.39, 0.29) is 0 Å². The molecule has 2 aliphatic rings. The molecule has 55 heavy (non-hydrogen) atoms. The van der Waals surface area contributed by atoms with E-state index in [2.05, 4.69) is 194 Å². The van der Waals surface area contributed by atoms with Gasteiger partial charge in [-0.15, -0.1) is 0 Å². The summed E-state index contributed by atoms with van der Waals surface area (Å²) in [5, 5.41) is 13.0. The Labute approximate surface area is 318 Å². The molecule has 0 heteroatoms. The van der Waals surface area contributed by atoms with Gasteiger partial charge in [-0.25, -0.2) is 0 Å². The number of hydrogen-bond acceptors (Lipinski definition) is 0. The van der Waals surface area contributed by atoms with Gasteiger partial charge in [0.2, 0.25) is 0 Å². The quantitative estimate of drug-likeness (QED) is 0.158. The van der Waals surface area contributed by atoms with Crippen molar-refractivity contribution < 1.29 is 0 Å². The van der Waals surface area contributed by atoms with Crippen LogP contribution in [0.4, 0.5) is 0 Å². The molecule has 0 unspecified atom stereocenters. The normalized spacial score (nSPS) is 13.6. The average Bonchev–Trinajstić information content (AvgIpc) is 3.73. The Morgan fingerprint density at radius 2 is 0.836 bits per heavy atom. The second kappa shape index (κ2) is 10.6. The number of fused-ring (bicyclic) bond motifs is 13. The molecule has 0 saturated carbocycles. The summed E-state index contributed by atoms with van der Waals surface area (Å²) in [4.78, 5) is 0. The minimum Gasteiger partial charge on any atom is -0.0619 e. The Morgan fingerprint density at radius 1 is 0.273 bits per heavy atom. The summed E-state index contributed by atoms with van der Waals surface area (Å²) in [7, 11) is 0. The number of hydrogen-bond donors (Lipinski definition) is 0. The first-order valence-corrected chi connectivity index (χ1v) is 19.3. The minimum atomic E-state index is -0.502. The molecule has 0 heterocycles. The molecule has 0 N–H and O–H groups in total. The predicted molar refractivity (Wildman–Crippen MR) is 232 cm³/mol. The summed E-state index contributed by atoms with van der Waals surface area (Å²) in [6, 6.07) is 73.5. The summed E-state index contributed by atoms with van der Waals surface area (Å²) in [5.41, 5.74) is 15.4. The van der Waals surface area contributed by atoms with Crippen LogP contribution in [-0.4, -0.2) is 0 Å². The molecule has 0 atom stereocenters. The number of benzene rings is 11. The first kappa shape index (κ1) is 29.4. The zero-order chi connectivity index (χ0) is 35.8. The Balaban J connectivity index is 1.20. The SMILES string of the molecule is c1ccc2c(c1)-c1ccccc1C21c2cc(-c3ccc4ccc5cccc6ccc3c4c56)ccc2-c2c(-c3cccc4ccccc34)cc3ccccc3c21. The second-order valence-electron chi connectivity index (χ2n) is 15.5. The predicted octanol–water partition coefficient (Wildman–Crippen LogP) is 14.6. The van der Waals surface area contributed by atoms with Crippen LogP contribution in [0, 0.1) is 0 Å². The van der Waals surface area contributed by atoms with Gasteiger partial charge in [-0.05, 0) is 133 Å². The highest BCUT2D eigenvalue weighted by Gasteiger charge is 2.53. The monoisotopic (exact) mass is 692 g/mol. The molecule has 0 fully saturated rings. The van der Waals surface area contributed by atoms with Crippen LogP contribution in [-0.2, 0) is 5.41 Å². The second-order valence-corrected chi connectivity index (χ2v) is 15.5. The van der Waals surface area contributed by atoms with E-state index >= 15 is 0 Å². The molecule has 0 aliphatic heterocycles. The highest BCUT2D eigenvalue weighted by molar-refractivity contribution is 6.25. The maximum atomic E-state index is 2.56. The van der Waals surface area contributed by atoms with E-state index in [9.17, 15) is 0 Å². The zero-order valence-corrected chi connectivity index (χ0v) is 30.0. The molecule has 0 bridgehead atoms. The standard InChI is InChI=1S/C55H32/c1-3-16-39-33(11-1)13-10-20-42(39)47-31-37-12-2-4-17-41(37)54-53(47)46-30-27-38(32-50(46)55(54)48-21-7-5-18-43(48)44-19-6-8-22-49(44)55)40-28-25-36-24-23-34-14-9-15-35-26-29-45(40)52(36)51(34)35/h1-32H. The highest BCUT2D eigenvalue weighted by atomic mass is 14.5. The lowest BCUT2D eigenvalue weighted by molar-refractivity contribution is 0.802. The van der Waals surface area contributed by atoms with Crippen molar-refractivity contribution in [2.45, 2.75) is 5.41 Å². The molecule has 0 amide bonds. The summed E-state index contributed by atoms with van der Waals surface area (Å²) < 4.78 is 0. The third-order valence-electron chi connectivity index (χ3n) is 13.0. The molecular formula is C55H32. The molecule has 0 aromatic heterocycles. The molecule has 2 aliphatic carbocycles. The maximum absolute atomic E-state index is 2.56. The Kier molecular flexibility index (Phi) is 5.65. The van der Waals surface area contributed by atoms with E-state index in [1.54, 1.807) is 0 Å². The van der Waals surface area contributed by atoms with Crippen molar-refractivity contribution in [3.05, 3.63) is 216 Å². The van der Waals surface area contributed by atoms with Gasteiger partial charge in [0.15, 0.2) is 0 Å². The Morgan fingerprint density at radius 3 is 1.64 bits per heavy atom. The van der Waals surface area contributed by atoms with E-state index in [1.165, 1.54) is 121 Å². The molecule has 0 radical (unpaired) electrons. The van der Waals surface area contributed by atoms with Crippen molar-refractivity contribution in [2.75, 3.05) is 0 Å². The fourth-order valence-corrected chi connectivity index (χ4v) is 10.8. The van der Waals surface area contributed by atoms with Gasteiger partial charge in [-0.3, -0.25) is 0 Å². The zero-order valence-electron chi connectivity index (χ0n) is 30.0. The van der Waals surface area contributed by atoms with Gasteiger partial charge in [-0.2, -0.15) is 0 Å². The van der Waals surface area contributed by atoms with Crippen LogP contribution >= 0.6 is 0 Å². The lowest BCUT2D eigenvalue weighted by atomic mass is 9.68. The van der Waals surface area contributed by atoms with Crippen molar-refractivity contribution in [1.82, 2.24) is 0 Å². The summed E-state index contributed by atoms with van der Waals surface area (Å²) >= 11 is 0. The van der Waals surface area contributed by atoms with Gasteiger partial charge in [0.25, 0.3) is 0 Å². The van der Waals surface area contributed by atoms with Crippen LogP contribution in [0.1, 0.15) is 22.3 Å². The topological polar surface area (TPSA) is 0 Å². The average molecular weight is 693 g/mol. The summed E-state index contributed by atoms with van der Waals surface area (Å²) in [6.45, 7) is 0. The van der Waals surface area contributed by atoms with Gasteiger partial charge < -0.3 is 0 Å². The van der Waals surface area contributed by atoms with E-state index in [0.29, 0.717) is 0 Å². The van der Waals surface area contributed by atoms with Gasteiger partial charge in [0, 0.05) is 0 Å². The first-order valence-electron chi connectivity index (χ1n) is 19.3. The molecule has 13 rings (SSSR count). The molecule has 252 valence electrons. The van der Waals surface area contributed by atoms with Gasteiger partial charge in [0.1, 0.15) is 0 Å². The summed E-state index contributed by atoms with van der Waals surface area (Å²) in [5.74, 6) is 0. The van der Waals surface area contributed by atoms with Gasteiger partial charge >= 0.3 is 0 Å². The van der Waals surface area contributed by atoms with Crippen LogP contribution in [0.5, 0.6) is 0 Å². The fourth-order valence-electron chi connectivity index (χ4n) is 10.8. The smallest absolute Gasteiger partial charge is 0.0619 e. The van der Waals surface area contributed by atoms with Crippen molar-refractivity contribution in [3.63, 3.8) is 0 Å². The molecule has 0 nitrogen and oxygen atoms in total. The summed E-state index contributed by atoms with van der Waals surface area (Å²) in [6.07, 6.45) is 0. The van der Waals surface area contributed by atoms with Gasteiger partial charge in [-0.1, -0.05) is 182 Å².